The van der Waals surface area contributed by atoms with Crippen molar-refractivity contribution < 1.29 is 95.3 Å². The molecule has 104 heavy (non-hydrogen) atoms. The minimum atomic E-state index is -4.86. The van der Waals surface area contributed by atoms with Crippen molar-refractivity contribution in [2.75, 3.05) is 51.9 Å². The molecule has 0 bridgehead atoms. The van der Waals surface area contributed by atoms with E-state index in [0.717, 1.165) is 47.5 Å². The lowest BCUT2D eigenvalue weighted by Crippen LogP contribution is -2.46. The molecule has 8 rings (SSSR count). The zero-order chi connectivity index (χ0) is 77.2. The van der Waals surface area contributed by atoms with Gasteiger partial charge in [0.25, 0.3) is 51.6 Å². The van der Waals surface area contributed by atoms with Crippen molar-refractivity contribution in [2.45, 2.75) is 129 Å². The second-order valence-electron chi connectivity index (χ2n) is 22.4. The van der Waals surface area contributed by atoms with E-state index in [9.17, 15) is 78.3 Å². The molecule has 8 N–H and O–H groups in total. The molecule has 2 aromatic heterocycles. The number of azo groups is 2. The van der Waals surface area contributed by atoms with E-state index < -0.39 is 108 Å². The highest BCUT2D eigenvalue weighted by atomic mass is 32.2. The van der Waals surface area contributed by atoms with Crippen LogP contribution in [0, 0.1) is 13.8 Å². The SMILES string of the molecule is C=CS(=O)(=O)c1ccc(-n2[nH]c(C)c(N=Nc3ccc4c(S(=O)(=O)O)cc(S(=O)(=O)O)cc4c3)c2=O)cc1.CCO[Si](CCCCCCS(=O)(=O)c1ccc(-n2[nH]c(C)c(N=Nc3ccc4c(S(=O)(=O)O)cc(S(=O)(=O)O)cc4c3)c2=O)cc1)(OCC)OCC.CCO[Si](CCCN)(OCC)OCC. The number of H-pyrrole nitrogens is 2. The van der Waals surface area contributed by atoms with Crippen LogP contribution >= 0.6 is 0 Å². The summed E-state index contributed by atoms with van der Waals surface area (Å²) in [5.74, 6) is -0.0353. The van der Waals surface area contributed by atoms with Gasteiger partial charge in [-0.3, -0.25) is 38.0 Å². The number of nitrogens with two attached hydrogens (primary N) is 1. The molecule has 0 spiro atoms. The molecule has 0 fully saturated rings. The second-order valence-corrected chi connectivity index (χ2v) is 37.5. The zero-order valence-electron chi connectivity index (χ0n) is 57.9. The maximum absolute atomic E-state index is 13.3. The lowest BCUT2D eigenvalue weighted by atomic mass is 10.1. The standard InChI is InChI=1S/C32H42N4O12S3Si.C22H18N4O9S3.C9H23NO3Si/c1-5-46-52(47-6-2,48-7-3)19-11-9-8-10-18-49(38,39)27-15-13-26(14-16-27)36-32(37)31(23(4)35-36)34-33-25-12-17-29-24(20-25)21-28(50(40,41)42)22-30(29)51(43,44)45;1-3-36(28,29)17-7-5-16(6-8-17)26-22(27)21(13(2)25-26)24-23-15-4-9-19-14(10-15)11-18(37(30,31)32)12-20(19)38(33,34)35;1-4-11-14(12-5-2,13-6-3)9-7-8-10/h12-17,20-22,35H,5-11,18-19H2,1-4H3,(H,40,41,42)(H,43,44,45);3-12,25H,1H2,2H3,(H,30,31,32)(H,33,34,35);4-10H2,1-3H3. The molecule has 2 heterocycles. The minimum Gasteiger partial charge on any atom is -0.374 e. The summed E-state index contributed by atoms with van der Waals surface area (Å²) in [5, 5.41) is 22.4. The van der Waals surface area contributed by atoms with Crippen molar-refractivity contribution in [3.05, 3.63) is 153 Å². The van der Waals surface area contributed by atoms with Crippen molar-refractivity contribution in [1.29, 1.82) is 0 Å². The molecule has 0 atom stereocenters. The highest BCUT2D eigenvalue weighted by molar-refractivity contribution is 7.94. The summed E-state index contributed by atoms with van der Waals surface area (Å²) < 4.78 is 219. The van der Waals surface area contributed by atoms with Crippen molar-refractivity contribution >= 4 is 122 Å². The Morgan fingerprint density at radius 3 is 1.14 bits per heavy atom. The lowest BCUT2D eigenvalue weighted by molar-refractivity contribution is 0.0700. The largest absolute Gasteiger partial charge is 0.500 e. The Kier molecular flexibility index (Phi) is 30.1. The first kappa shape index (κ1) is 85.4. The van der Waals surface area contributed by atoms with Gasteiger partial charge in [0.15, 0.2) is 31.0 Å². The monoisotopic (exact) mass is 1600 g/mol. The van der Waals surface area contributed by atoms with Crippen LogP contribution in [0.3, 0.4) is 0 Å². The summed E-state index contributed by atoms with van der Waals surface area (Å²) >= 11 is 0. The Balaban J connectivity index is 0.000000284. The number of unbranched alkanes of at least 4 members (excludes halogenated alkanes) is 3. The first-order valence-corrected chi connectivity index (χ1v) is 45.0. The number of rotatable bonds is 35. The normalized spacial score (nSPS) is 12.8. The number of fused-ring (bicyclic) bond motifs is 2. The third-order valence-corrected chi connectivity index (χ3v) is 28.1. The van der Waals surface area contributed by atoms with Crippen LogP contribution in [0.15, 0.2) is 181 Å². The highest BCUT2D eigenvalue weighted by Crippen LogP contribution is 2.34. The fraction of sp³-hybridized carbons (Fsp3) is 0.365. The number of hydrogen-bond donors (Lipinski definition) is 7. The molecule has 0 saturated heterocycles. The van der Waals surface area contributed by atoms with Crippen LogP contribution in [0.5, 0.6) is 0 Å². The lowest BCUT2D eigenvalue weighted by Gasteiger charge is -2.28. The van der Waals surface area contributed by atoms with Gasteiger partial charge < -0.3 is 32.3 Å². The van der Waals surface area contributed by atoms with Gasteiger partial charge in [-0.2, -0.15) is 43.9 Å². The first-order chi connectivity index (χ1) is 48.8. The van der Waals surface area contributed by atoms with Crippen LogP contribution in [-0.4, -0.2) is 158 Å². The number of aromatic nitrogens is 4. The number of benzene rings is 6. The predicted octanol–water partition coefficient (Wildman–Crippen LogP) is 10.8. The fourth-order valence-corrected chi connectivity index (χ4v) is 20.6. The molecule has 0 saturated carbocycles. The predicted molar refractivity (Wildman–Crippen MR) is 390 cm³/mol. The van der Waals surface area contributed by atoms with Gasteiger partial charge in [0, 0.05) is 67.9 Å². The van der Waals surface area contributed by atoms with E-state index in [-0.39, 0.29) is 59.8 Å². The average molecular weight is 1600 g/mol. The molecule has 0 aliphatic rings. The minimum absolute atomic E-state index is 0.00176. The van der Waals surface area contributed by atoms with Crippen molar-refractivity contribution in [1.82, 2.24) is 19.6 Å². The molecule has 6 aromatic carbocycles. The first-order valence-electron chi connectivity index (χ1n) is 32.2. The van der Waals surface area contributed by atoms with Crippen LogP contribution in [0.2, 0.25) is 12.1 Å². The summed E-state index contributed by atoms with van der Waals surface area (Å²) in [4.78, 5) is 23.3. The molecule has 8 aromatic rings. The molecular formula is C63H83N9O24S6Si2. The van der Waals surface area contributed by atoms with Crippen LogP contribution in [0.4, 0.5) is 22.7 Å². The molecule has 33 nitrogen and oxygen atoms in total. The van der Waals surface area contributed by atoms with E-state index in [1.54, 1.807) is 13.8 Å². The van der Waals surface area contributed by atoms with E-state index in [1.165, 1.54) is 89.6 Å². The van der Waals surface area contributed by atoms with Gasteiger partial charge in [0.2, 0.25) is 0 Å². The average Bonchev–Trinajstić information content (AvgIpc) is 1.02. The molecule has 41 heteroatoms. The third kappa shape index (κ3) is 22.5. The van der Waals surface area contributed by atoms with E-state index in [1.807, 2.05) is 41.5 Å². The van der Waals surface area contributed by atoms with Gasteiger partial charge in [0.05, 0.1) is 59.5 Å². The maximum atomic E-state index is 13.3. The summed E-state index contributed by atoms with van der Waals surface area (Å²) in [6.45, 7) is 22.0. The topological polar surface area (TPSA) is 492 Å². The number of sulfone groups is 2. The molecular weight excluding hydrogens is 1520 g/mol. The Morgan fingerprint density at radius 1 is 0.452 bits per heavy atom. The summed E-state index contributed by atoms with van der Waals surface area (Å²) in [6, 6.07) is 23.7. The number of aryl methyl sites for hydroxylation is 2. The van der Waals surface area contributed by atoms with E-state index in [2.05, 4.69) is 37.2 Å². The summed E-state index contributed by atoms with van der Waals surface area (Å²) in [6.07, 6.45) is 3.67. The van der Waals surface area contributed by atoms with Crippen LogP contribution in [0.25, 0.3) is 32.9 Å². The second kappa shape index (κ2) is 36.7. The molecule has 0 aliphatic carbocycles. The number of hydrogen-bond acceptors (Lipinski definition) is 25. The smallest absolute Gasteiger partial charge is 0.374 e. The Hall–Kier alpha value is -7.51. The van der Waals surface area contributed by atoms with Crippen LogP contribution in [-0.2, 0) is 86.7 Å². The van der Waals surface area contributed by atoms with Gasteiger partial charge in [0.1, 0.15) is 9.79 Å². The third-order valence-electron chi connectivity index (χ3n) is 15.1. The van der Waals surface area contributed by atoms with E-state index >= 15 is 0 Å². The molecule has 0 amide bonds. The fourth-order valence-electron chi connectivity index (χ4n) is 10.4. The number of aromatic amines is 2. The van der Waals surface area contributed by atoms with Crippen molar-refractivity contribution in [3.8, 4) is 11.4 Å². The van der Waals surface area contributed by atoms with Gasteiger partial charge in [-0.1, -0.05) is 31.6 Å². The Bertz CT molecular complexity index is 5230. The maximum Gasteiger partial charge on any atom is 0.500 e. The van der Waals surface area contributed by atoms with Gasteiger partial charge >= 0.3 is 17.6 Å². The van der Waals surface area contributed by atoms with Gasteiger partial charge in [-0.25, -0.2) is 26.2 Å². The number of nitrogens with zero attached hydrogens (tertiary/aromatic N) is 6. The summed E-state index contributed by atoms with van der Waals surface area (Å²) in [5.41, 5.74) is 5.64. The van der Waals surface area contributed by atoms with Crippen molar-refractivity contribution in [2.24, 2.45) is 26.2 Å². The zero-order valence-corrected chi connectivity index (χ0v) is 64.8. The van der Waals surface area contributed by atoms with E-state index in [4.69, 9.17) is 32.3 Å². The van der Waals surface area contributed by atoms with Crippen LogP contribution < -0.4 is 16.9 Å². The van der Waals surface area contributed by atoms with E-state index in [0.29, 0.717) is 100.0 Å². The van der Waals surface area contributed by atoms with Crippen molar-refractivity contribution in [3.63, 3.8) is 0 Å². The molecule has 0 aliphatic heterocycles. The Morgan fingerprint density at radius 2 is 0.808 bits per heavy atom. The van der Waals surface area contributed by atoms with Gasteiger partial charge in [-0.15, -0.1) is 10.2 Å². The van der Waals surface area contributed by atoms with Crippen LogP contribution in [0.1, 0.15) is 85.0 Å². The summed E-state index contributed by atoms with van der Waals surface area (Å²) in [7, 11) is -31.7. The molecule has 568 valence electrons. The Labute approximate surface area is 604 Å². The van der Waals surface area contributed by atoms with Gasteiger partial charge in [-0.05, 0) is 189 Å². The highest BCUT2D eigenvalue weighted by Gasteiger charge is 2.40. The molecule has 0 radical (unpaired) electrons. The quantitative estimate of drug-likeness (QED) is 0.00839. The number of nitrogens with one attached hydrogen (secondary N) is 2. The molecule has 0 unspecified atom stereocenters.